The number of rotatable bonds is 9. The van der Waals surface area contributed by atoms with Crippen LogP contribution in [0.15, 0.2) is 47.8 Å². The molecule has 0 saturated carbocycles. The Morgan fingerprint density at radius 1 is 1.06 bits per heavy atom. The minimum Gasteiger partial charge on any atom is -0.494 e. The molecule has 9 heteroatoms. The highest BCUT2D eigenvalue weighted by Gasteiger charge is 2.22. The van der Waals surface area contributed by atoms with Crippen molar-refractivity contribution in [3.8, 4) is 22.8 Å². The summed E-state index contributed by atoms with van der Waals surface area (Å²) in [5.74, 6) is 0.981. The van der Waals surface area contributed by atoms with Crippen molar-refractivity contribution in [1.82, 2.24) is 9.88 Å². The average Bonchev–Trinajstić information content (AvgIpc) is 3.32. The molecule has 1 aliphatic heterocycles. The zero-order valence-corrected chi connectivity index (χ0v) is 20.2. The molecule has 1 amide bonds. The first-order valence-corrected chi connectivity index (χ1v) is 12.3. The maximum absolute atomic E-state index is 13.2. The van der Waals surface area contributed by atoms with Crippen molar-refractivity contribution in [2.75, 3.05) is 56.2 Å². The Kier molecular flexibility index (Phi) is 7.97. The molecule has 0 radical (unpaired) electrons. The minimum atomic E-state index is -0.254. The zero-order chi connectivity index (χ0) is 23.9. The van der Waals surface area contributed by atoms with Crippen molar-refractivity contribution in [2.24, 2.45) is 0 Å². The SMILES string of the molecule is CCOc1ccc(OCC)c(NC(=O)CN2CCN(c3nc(-c4ccc(F)cc4)cs3)CC2)c1. The predicted octanol–water partition coefficient (Wildman–Crippen LogP) is 4.51. The Bertz CT molecular complexity index is 1100. The molecular formula is C25H29FN4O3S. The third kappa shape index (κ3) is 6.03. The number of anilines is 2. The predicted molar refractivity (Wildman–Crippen MR) is 134 cm³/mol. The van der Waals surface area contributed by atoms with Crippen molar-refractivity contribution in [3.63, 3.8) is 0 Å². The second kappa shape index (κ2) is 11.3. The number of halogens is 1. The van der Waals surface area contributed by atoms with Crippen LogP contribution in [0, 0.1) is 5.82 Å². The number of benzene rings is 2. The number of carbonyl (C=O) groups excluding carboxylic acids is 1. The van der Waals surface area contributed by atoms with E-state index in [0.717, 1.165) is 42.6 Å². The molecule has 0 atom stereocenters. The second-order valence-corrected chi connectivity index (χ2v) is 8.69. The highest BCUT2D eigenvalue weighted by Crippen LogP contribution is 2.30. The maximum atomic E-state index is 13.2. The molecule has 34 heavy (non-hydrogen) atoms. The van der Waals surface area contributed by atoms with E-state index in [4.69, 9.17) is 14.5 Å². The topological polar surface area (TPSA) is 66.9 Å². The smallest absolute Gasteiger partial charge is 0.238 e. The first-order valence-electron chi connectivity index (χ1n) is 11.4. The number of nitrogens with one attached hydrogen (secondary N) is 1. The van der Waals surface area contributed by atoms with E-state index in [1.54, 1.807) is 29.5 Å². The van der Waals surface area contributed by atoms with Gasteiger partial charge in [0.05, 0.1) is 31.1 Å². The van der Waals surface area contributed by atoms with Crippen LogP contribution in [0.2, 0.25) is 0 Å². The van der Waals surface area contributed by atoms with Gasteiger partial charge in [0.25, 0.3) is 0 Å². The van der Waals surface area contributed by atoms with Crippen molar-refractivity contribution in [1.29, 1.82) is 0 Å². The van der Waals surface area contributed by atoms with E-state index in [1.807, 2.05) is 31.4 Å². The van der Waals surface area contributed by atoms with Crippen molar-refractivity contribution >= 4 is 28.1 Å². The van der Waals surface area contributed by atoms with Crippen LogP contribution in [0.5, 0.6) is 11.5 Å². The van der Waals surface area contributed by atoms with Gasteiger partial charge in [-0.15, -0.1) is 11.3 Å². The molecule has 0 bridgehead atoms. The van der Waals surface area contributed by atoms with Gasteiger partial charge in [0.1, 0.15) is 17.3 Å². The highest BCUT2D eigenvalue weighted by atomic mass is 32.1. The van der Waals surface area contributed by atoms with Gasteiger partial charge in [-0.05, 0) is 50.2 Å². The first-order chi connectivity index (χ1) is 16.6. The van der Waals surface area contributed by atoms with Crippen LogP contribution < -0.4 is 19.7 Å². The molecule has 1 aromatic heterocycles. The van der Waals surface area contributed by atoms with E-state index in [0.29, 0.717) is 36.9 Å². The van der Waals surface area contributed by atoms with Crippen molar-refractivity contribution in [2.45, 2.75) is 13.8 Å². The number of ether oxygens (including phenoxy) is 2. The van der Waals surface area contributed by atoms with Crippen LogP contribution in [0.3, 0.4) is 0 Å². The standard InChI is InChI=1S/C25H29FN4O3S/c1-3-32-20-9-10-23(33-4-2)21(15-20)27-24(31)16-29-11-13-30(14-12-29)25-28-22(17-34-25)18-5-7-19(26)8-6-18/h5-10,15,17H,3-4,11-14,16H2,1-2H3,(H,27,31). The monoisotopic (exact) mass is 484 g/mol. The highest BCUT2D eigenvalue weighted by molar-refractivity contribution is 7.14. The molecule has 7 nitrogen and oxygen atoms in total. The molecule has 1 fully saturated rings. The molecule has 1 N–H and O–H groups in total. The quantitative estimate of drug-likeness (QED) is 0.482. The van der Waals surface area contributed by atoms with E-state index in [-0.39, 0.29) is 11.7 Å². The Morgan fingerprint density at radius 2 is 1.79 bits per heavy atom. The molecule has 2 aromatic carbocycles. The minimum absolute atomic E-state index is 0.0871. The lowest BCUT2D eigenvalue weighted by atomic mass is 10.2. The fourth-order valence-corrected chi connectivity index (χ4v) is 4.69. The molecule has 0 unspecified atom stereocenters. The third-order valence-corrected chi connectivity index (χ3v) is 6.38. The fraction of sp³-hybridized carbons (Fsp3) is 0.360. The average molecular weight is 485 g/mol. The van der Waals surface area contributed by atoms with Crippen LogP contribution in [-0.2, 0) is 4.79 Å². The molecule has 1 saturated heterocycles. The summed E-state index contributed by atoms with van der Waals surface area (Å²) in [4.78, 5) is 21.8. The van der Waals surface area contributed by atoms with Crippen molar-refractivity contribution < 1.29 is 18.7 Å². The number of aromatic nitrogens is 1. The van der Waals surface area contributed by atoms with Gasteiger partial charge < -0.3 is 19.7 Å². The van der Waals surface area contributed by atoms with E-state index in [9.17, 15) is 9.18 Å². The summed E-state index contributed by atoms with van der Waals surface area (Å²) in [5.41, 5.74) is 2.37. The van der Waals surface area contributed by atoms with E-state index in [2.05, 4.69) is 15.1 Å². The van der Waals surface area contributed by atoms with Gasteiger partial charge >= 0.3 is 0 Å². The normalized spacial score (nSPS) is 14.1. The molecule has 180 valence electrons. The first kappa shape index (κ1) is 24.0. The van der Waals surface area contributed by atoms with E-state index < -0.39 is 0 Å². The third-order valence-electron chi connectivity index (χ3n) is 5.48. The molecule has 0 spiro atoms. The molecule has 0 aliphatic carbocycles. The van der Waals surface area contributed by atoms with Crippen LogP contribution >= 0.6 is 11.3 Å². The van der Waals surface area contributed by atoms with Crippen LogP contribution in [0.4, 0.5) is 15.2 Å². The number of nitrogens with zero attached hydrogens (tertiary/aromatic N) is 3. The van der Waals surface area contributed by atoms with Gasteiger partial charge in [0, 0.05) is 43.2 Å². The Labute approximate surface area is 203 Å². The summed E-state index contributed by atoms with van der Waals surface area (Å²) in [6.07, 6.45) is 0. The van der Waals surface area contributed by atoms with Gasteiger partial charge in [-0.2, -0.15) is 0 Å². The maximum Gasteiger partial charge on any atom is 0.238 e. The van der Waals surface area contributed by atoms with Gasteiger partial charge in [0.2, 0.25) is 5.91 Å². The van der Waals surface area contributed by atoms with Gasteiger partial charge in [-0.1, -0.05) is 0 Å². The zero-order valence-electron chi connectivity index (χ0n) is 19.4. The number of hydrogen-bond acceptors (Lipinski definition) is 7. The van der Waals surface area contributed by atoms with Crippen molar-refractivity contribution in [3.05, 3.63) is 53.7 Å². The molecule has 4 rings (SSSR count). The summed E-state index contributed by atoms with van der Waals surface area (Å²) in [6.45, 7) is 8.29. The van der Waals surface area contributed by atoms with Gasteiger partial charge in [-0.25, -0.2) is 9.37 Å². The molecular weight excluding hydrogens is 455 g/mol. The lowest BCUT2D eigenvalue weighted by Gasteiger charge is -2.34. The van der Waals surface area contributed by atoms with Gasteiger partial charge in [0.15, 0.2) is 5.13 Å². The van der Waals surface area contributed by atoms with Gasteiger partial charge in [-0.3, -0.25) is 9.69 Å². The summed E-state index contributed by atoms with van der Waals surface area (Å²) < 4.78 is 24.4. The fourth-order valence-electron chi connectivity index (χ4n) is 3.80. The van der Waals surface area contributed by atoms with E-state index >= 15 is 0 Å². The molecule has 1 aliphatic rings. The van der Waals surface area contributed by atoms with Crippen LogP contribution in [0.25, 0.3) is 11.3 Å². The number of hydrogen-bond donors (Lipinski definition) is 1. The summed E-state index contributed by atoms with van der Waals surface area (Å²) in [6, 6.07) is 11.8. The lowest BCUT2D eigenvalue weighted by molar-refractivity contribution is -0.117. The van der Waals surface area contributed by atoms with Crippen LogP contribution in [-0.4, -0.2) is 61.7 Å². The Morgan fingerprint density at radius 3 is 2.50 bits per heavy atom. The number of piperazine rings is 1. The summed E-state index contributed by atoms with van der Waals surface area (Å²) in [5, 5.41) is 5.91. The number of thiazole rings is 1. The second-order valence-electron chi connectivity index (χ2n) is 7.86. The summed E-state index contributed by atoms with van der Waals surface area (Å²) >= 11 is 1.58. The Hall–Kier alpha value is -3.17. The largest absolute Gasteiger partial charge is 0.494 e. The summed E-state index contributed by atoms with van der Waals surface area (Å²) in [7, 11) is 0. The molecule has 3 aromatic rings. The number of amides is 1. The number of carbonyl (C=O) groups is 1. The Balaban J connectivity index is 1.31. The molecule has 2 heterocycles. The van der Waals surface area contributed by atoms with E-state index in [1.165, 1.54) is 12.1 Å². The van der Waals surface area contributed by atoms with Crippen LogP contribution in [0.1, 0.15) is 13.8 Å². The lowest BCUT2D eigenvalue weighted by Crippen LogP contribution is -2.48.